The minimum atomic E-state index is -1.11. The maximum Gasteiger partial charge on any atom is 0.230 e. The fourth-order valence-corrected chi connectivity index (χ4v) is 3.94. The Bertz CT molecular complexity index is 1470. The number of H-pyrrole nitrogens is 1. The fraction of sp³-hybridized carbons (Fsp3) is 0.286. The van der Waals surface area contributed by atoms with Gasteiger partial charge in [-0.25, -0.2) is 18.7 Å². The van der Waals surface area contributed by atoms with Crippen LogP contribution in [-0.2, 0) is 11.2 Å². The molecule has 4 rings (SSSR count). The standard InChI is InChI=1S/C28H29F2N7O2/c1-3-12-37(4-2)13-5-6-14-39-20-10-11-21-24(17-20)31-18-32-28(21)34-25-15-19(35-36-25)16-26(38)33-23-9-7-8-22(29)27(23)30/h2,7-11,15,17-18H,3,5-6,12-14,16H2,1H3,(H,33,38)(H2,31,32,34,35,36). The first-order chi connectivity index (χ1) is 19.0. The van der Waals surface area contributed by atoms with E-state index >= 15 is 0 Å². The minimum Gasteiger partial charge on any atom is -0.494 e. The van der Waals surface area contributed by atoms with Crippen LogP contribution >= 0.6 is 0 Å². The molecule has 0 unspecified atom stereocenters. The number of halogens is 2. The van der Waals surface area contributed by atoms with Crippen molar-refractivity contribution in [2.75, 3.05) is 30.3 Å². The molecule has 0 aliphatic rings. The molecule has 0 atom stereocenters. The summed E-state index contributed by atoms with van der Waals surface area (Å²) >= 11 is 0. The van der Waals surface area contributed by atoms with Crippen LogP contribution in [0.3, 0.4) is 0 Å². The first-order valence-electron chi connectivity index (χ1n) is 12.6. The van der Waals surface area contributed by atoms with Crippen molar-refractivity contribution in [2.24, 2.45) is 0 Å². The van der Waals surface area contributed by atoms with E-state index in [2.05, 4.69) is 43.8 Å². The van der Waals surface area contributed by atoms with Crippen LogP contribution in [-0.4, -0.2) is 50.7 Å². The summed E-state index contributed by atoms with van der Waals surface area (Å²) in [6.45, 7) is 4.41. The summed E-state index contributed by atoms with van der Waals surface area (Å²) in [4.78, 5) is 22.9. The van der Waals surface area contributed by atoms with Crippen LogP contribution in [0, 0.1) is 24.1 Å². The van der Waals surface area contributed by atoms with Crippen LogP contribution < -0.4 is 15.4 Å². The zero-order chi connectivity index (χ0) is 27.6. The van der Waals surface area contributed by atoms with Crippen LogP contribution in [0.5, 0.6) is 5.75 Å². The Morgan fingerprint density at radius 2 is 2.03 bits per heavy atom. The molecule has 202 valence electrons. The van der Waals surface area contributed by atoms with Crippen molar-refractivity contribution in [3.63, 3.8) is 0 Å². The quantitative estimate of drug-likeness (QED) is 0.126. The van der Waals surface area contributed by atoms with Crippen molar-refractivity contribution >= 4 is 34.1 Å². The lowest BCUT2D eigenvalue weighted by molar-refractivity contribution is -0.115. The van der Waals surface area contributed by atoms with Gasteiger partial charge in [0.05, 0.1) is 24.2 Å². The Labute approximate surface area is 225 Å². The second-order valence-electron chi connectivity index (χ2n) is 8.80. The van der Waals surface area contributed by atoms with Gasteiger partial charge in [0.15, 0.2) is 17.5 Å². The lowest BCUT2D eigenvalue weighted by Crippen LogP contribution is -2.20. The number of ether oxygens (including phenoxy) is 1. The lowest BCUT2D eigenvalue weighted by atomic mass is 10.2. The number of terminal acetylenes is 1. The topological polar surface area (TPSA) is 108 Å². The number of nitrogens with one attached hydrogen (secondary N) is 3. The maximum atomic E-state index is 13.8. The number of unbranched alkanes of at least 4 members (excludes halogenated alkanes) is 1. The second kappa shape index (κ2) is 13.2. The van der Waals surface area contributed by atoms with Gasteiger partial charge in [0.2, 0.25) is 5.91 Å². The Morgan fingerprint density at radius 1 is 1.15 bits per heavy atom. The molecular weight excluding hydrogens is 504 g/mol. The molecule has 0 spiro atoms. The van der Waals surface area contributed by atoms with Crippen molar-refractivity contribution in [3.05, 3.63) is 66.1 Å². The van der Waals surface area contributed by atoms with Gasteiger partial charge >= 0.3 is 0 Å². The number of aromatic amines is 1. The number of carbonyl (C=O) groups is 1. The molecule has 39 heavy (non-hydrogen) atoms. The molecule has 0 aliphatic carbocycles. The fourth-order valence-electron chi connectivity index (χ4n) is 3.94. The van der Waals surface area contributed by atoms with Crippen molar-refractivity contribution in [2.45, 2.75) is 32.6 Å². The summed E-state index contributed by atoms with van der Waals surface area (Å²) in [5, 5.41) is 13.2. The smallest absolute Gasteiger partial charge is 0.230 e. The van der Waals surface area contributed by atoms with E-state index < -0.39 is 17.5 Å². The molecule has 2 aromatic heterocycles. The molecule has 0 bridgehead atoms. The van der Waals surface area contributed by atoms with E-state index in [1.54, 1.807) is 6.07 Å². The van der Waals surface area contributed by atoms with Gasteiger partial charge in [-0.1, -0.05) is 19.4 Å². The number of hydrogen-bond acceptors (Lipinski definition) is 7. The summed E-state index contributed by atoms with van der Waals surface area (Å²) < 4.78 is 33.1. The maximum absolute atomic E-state index is 13.8. The third kappa shape index (κ3) is 7.41. The van der Waals surface area contributed by atoms with Gasteiger partial charge in [0.1, 0.15) is 17.9 Å². The van der Waals surface area contributed by atoms with Crippen molar-refractivity contribution in [1.29, 1.82) is 0 Å². The van der Waals surface area contributed by atoms with Crippen LogP contribution in [0.4, 0.5) is 26.1 Å². The summed E-state index contributed by atoms with van der Waals surface area (Å²) in [5.41, 5.74) is 0.941. The number of carbonyl (C=O) groups excluding carboxylic acids is 1. The first-order valence-corrected chi connectivity index (χ1v) is 12.6. The number of aromatic nitrogens is 4. The second-order valence-corrected chi connectivity index (χ2v) is 8.80. The van der Waals surface area contributed by atoms with E-state index in [1.165, 1.54) is 18.5 Å². The SMILES string of the molecule is C#CN(CCC)CCCCOc1ccc2c(Nc3cc(CC(=O)Nc4cccc(F)c4F)[nH]n3)ncnc2c1. The van der Waals surface area contributed by atoms with E-state index in [1.807, 2.05) is 23.1 Å². The molecule has 4 aromatic rings. The monoisotopic (exact) mass is 533 g/mol. The van der Waals surface area contributed by atoms with Crippen molar-refractivity contribution in [3.8, 4) is 18.2 Å². The molecule has 0 fully saturated rings. The predicted octanol–water partition coefficient (Wildman–Crippen LogP) is 5.02. The average molecular weight is 534 g/mol. The molecule has 2 aromatic carbocycles. The average Bonchev–Trinajstić information content (AvgIpc) is 3.36. The van der Waals surface area contributed by atoms with E-state index in [9.17, 15) is 13.6 Å². The molecule has 9 nitrogen and oxygen atoms in total. The zero-order valence-electron chi connectivity index (χ0n) is 21.5. The molecule has 0 radical (unpaired) electrons. The number of fused-ring (bicyclic) bond motifs is 1. The van der Waals surface area contributed by atoms with Gasteiger partial charge in [-0.05, 0) is 43.5 Å². The van der Waals surface area contributed by atoms with Gasteiger partial charge in [-0.2, -0.15) is 5.10 Å². The minimum absolute atomic E-state index is 0.116. The molecule has 0 saturated carbocycles. The molecule has 2 heterocycles. The van der Waals surface area contributed by atoms with E-state index in [-0.39, 0.29) is 12.1 Å². The Hall–Kier alpha value is -4.72. The molecule has 0 aliphatic heterocycles. The lowest BCUT2D eigenvalue weighted by Gasteiger charge is -2.16. The zero-order valence-corrected chi connectivity index (χ0v) is 21.5. The largest absolute Gasteiger partial charge is 0.494 e. The number of anilines is 3. The highest BCUT2D eigenvalue weighted by Crippen LogP contribution is 2.26. The van der Waals surface area contributed by atoms with Crippen LogP contribution in [0.25, 0.3) is 10.9 Å². The number of benzene rings is 2. The normalized spacial score (nSPS) is 10.7. The highest BCUT2D eigenvalue weighted by atomic mass is 19.2. The Balaban J connectivity index is 1.32. The van der Waals surface area contributed by atoms with E-state index in [4.69, 9.17) is 11.2 Å². The van der Waals surface area contributed by atoms with Gasteiger partial charge in [0.25, 0.3) is 0 Å². The summed E-state index contributed by atoms with van der Waals surface area (Å²) in [6, 6.07) is 13.5. The van der Waals surface area contributed by atoms with Gasteiger partial charge in [-0.3, -0.25) is 9.89 Å². The van der Waals surface area contributed by atoms with E-state index in [0.717, 1.165) is 43.8 Å². The van der Waals surface area contributed by atoms with Gasteiger partial charge in [-0.15, -0.1) is 0 Å². The van der Waals surface area contributed by atoms with Crippen LogP contribution in [0.2, 0.25) is 0 Å². The summed E-state index contributed by atoms with van der Waals surface area (Å²) in [6.07, 6.45) is 9.69. The third-order valence-electron chi connectivity index (χ3n) is 5.83. The molecule has 0 saturated heterocycles. The third-order valence-corrected chi connectivity index (χ3v) is 5.83. The molecule has 3 N–H and O–H groups in total. The summed E-state index contributed by atoms with van der Waals surface area (Å²) in [5.74, 6) is -1.01. The van der Waals surface area contributed by atoms with Gasteiger partial charge in [0, 0.05) is 42.3 Å². The number of hydrogen-bond donors (Lipinski definition) is 3. The highest BCUT2D eigenvalue weighted by Gasteiger charge is 2.13. The molecular formula is C28H29F2N7O2. The number of rotatable bonds is 13. The number of amides is 1. The highest BCUT2D eigenvalue weighted by molar-refractivity contribution is 5.93. The van der Waals surface area contributed by atoms with Crippen LogP contribution in [0.15, 0.2) is 48.8 Å². The Kier molecular flexibility index (Phi) is 9.24. The van der Waals surface area contributed by atoms with E-state index in [0.29, 0.717) is 35.2 Å². The molecule has 1 amide bonds. The number of nitrogens with zero attached hydrogens (tertiary/aromatic N) is 4. The predicted molar refractivity (Wildman–Crippen MR) is 146 cm³/mol. The van der Waals surface area contributed by atoms with Crippen LogP contribution in [0.1, 0.15) is 31.9 Å². The first kappa shape index (κ1) is 27.3. The van der Waals surface area contributed by atoms with Crippen molar-refractivity contribution < 1.29 is 18.3 Å². The Morgan fingerprint density at radius 3 is 2.85 bits per heavy atom. The molecule has 11 heteroatoms. The summed E-state index contributed by atoms with van der Waals surface area (Å²) in [7, 11) is 0. The van der Waals surface area contributed by atoms with Crippen molar-refractivity contribution in [1.82, 2.24) is 25.1 Å². The van der Waals surface area contributed by atoms with Gasteiger partial charge < -0.3 is 20.3 Å².